The number of amides is 2. The van der Waals surface area contributed by atoms with Crippen LogP contribution in [0.1, 0.15) is 43.2 Å². The third-order valence-corrected chi connectivity index (χ3v) is 9.66. The lowest BCUT2D eigenvalue weighted by Crippen LogP contribution is -2.54. The lowest BCUT2D eigenvalue weighted by molar-refractivity contribution is -0.141. The SMILES string of the molecule is COc1cccc(CN(C(=O)CN(C)S(=O)(=O)c2ccc(Cl)cc2)C(Cc2ccccc2)C(=O)NC2CCCCC2)c1. The summed E-state index contributed by atoms with van der Waals surface area (Å²) in [6, 6.07) is 21.8. The molecule has 0 aromatic heterocycles. The first-order valence-corrected chi connectivity index (χ1v) is 16.0. The second-order valence-electron chi connectivity index (χ2n) is 10.6. The molecule has 0 bridgehead atoms. The minimum Gasteiger partial charge on any atom is -0.497 e. The topological polar surface area (TPSA) is 96.0 Å². The smallest absolute Gasteiger partial charge is 0.243 e. The quantitative estimate of drug-likeness (QED) is 0.309. The number of halogens is 1. The van der Waals surface area contributed by atoms with Gasteiger partial charge in [-0.1, -0.05) is 73.3 Å². The Labute approximate surface area is 253 Å². The molecular formula is C32H38ClN3O5S. The maximum absolute atomic E-state index is 14.1. The zero-order valence-electron chi connectivity index (χ0n) is 24.0. The zero-order chi connectivity index (χ0) is 30.1. The van der Waals surface area contributed by atoms with Crippen molar-refractivity contribution in [3.63, 3.8) is 0 Å². The summed E-state index contributed by atoms with van der Waals surface area (Å²) in [4.78, 5) is 29.5. The van der Waals surface area contributed by atoms with E-state index in [0.29, 0.717) is 10.8 Å². The molecular weight excluding hydrogens is 574 g/mol. The number of hydrogen-bond donors (Lipinski definition) is 1. The molecule has 1 atom stereocenters. The molecule has 1 N–H and O–H groups in total. The van der Waals surface area contributed by atoms with E-state index in [1.54, 1.807) is 13.2 Å². The average Bonchev–Trinajstić information content (AvgIpc) is 3.00. The number of rotatable bonds is 12. The number of hydrogen-bond acceptors (Lipinski definition) is 5. The first-order valence-electron chi connectivity index (χ1n) is 14.2. The Morgan fingerprint density at radius 3 is 2.29 bits per heavy atom. The molecule has 2 amide bonds. The molecule has 3 aromatic rings. The Bertz CT molecular complexity index is 1440. The summed E-state index contributed by atoms with van der Waals surface area (Å²) < 4.78 is 33.0. The monoisotopic (exact) mass is 611 g/mol. The highest BCUT2D eigenvalue weighted by atomic mass is 35.5. The van der Waals surface area contributed by atoms with Crippen molar-refractivity contribution in [1.29, 1.82) is 0 Å². The molecule has 1 aliphatic carbocycles. The Kier molecular flexibility index (Phi) is 11.0. The second kappa shape index (κ2) is 14.7. The van der Waals surface area contributed by atoms with Crippen molar-refractivity contribution in [3.05, 3.63) is 95.0 Å². The largest absolute Gasteiger partial charge is 0.497 e. The summed E-state index contributed by atoms with van der Waals surface area (Å²) in [5, 5.41) is 3.60. The van der Waals surface area contributed by atoms with Gasteiger partial charge in [0.2, 0.25) is 21.8 Å². The number of benzene rings is 3. The van der Waals surface area contributed by atoms with Crippen molar-refractivity contribution in [3.8, 4) is 5.75 Å². The van der Waals surface area contributed by atoms with Gasteiger partial charge in [-0.3, -0.25) is 9.59 Å². The maximum Gasteiger partial charge on any atom is 0.243 e. The predicted octanol–water partition coefficient (Wildman–Crippen LogP) is 5.06. The van der Waals surface area contributed by atoms with Crippen LogP contribution >= 0.6 is 11.6 Å². The Morgan fingerprint density at radius 1 is 0.952 bits per heavy atom. The number of nitrogens with one attached hydrogen (secondary N) is 1. The minimum absolute atomic E-state index is 0.0254. The van der Waals surface area contributed by atoms with Crippen molar-refractivity contribution in [2.45, 2.75) is 62.0 Å². The number of sulfonamides is 1. The van der Waals surface area contributed by atoms with E-state index >= 15 is 0 Å². The lowest BCUT2D eigenvalue weighted by Gasteiger charge is -2.34. The normalized spacial score (nSPS) is 14.8. The number of methoxy groups -OCH3 is 1. The number of nitrogens with zero attached hydrogens (tertiary/aromatic N) is 2. The van der Waals surface area contributed by atoms with Gasteiger partial charge in [0.05, 0.1) is 18.6 Å². The Balaban J connectivity index is 1.67. The van der Waals surface area contributed by atoms with E-state index in [2.05, 4.69) is 5.32 Å². The summed E-state index contributed by atoms with van der Waals surface area (Å²) in [6.07, 6.45) is 5.32. The molecule has 0 aliphatic heterocycles. The molecule has 1 fully saturated rings. The molecule has 10 heteroatoms. The maximum atomic E-state index is 14.1. The first kappa shape index (κ1) is 31.5. The molecule has 0 heterocycles. The Hall–Kier alpha value is -3.40. The van der Waals surface area contributed by atoms with Gasteiger partial charge in [0.15, 0.2) is 0 Å². The zero-order valence-corrected chi connectivity index (χ0v) is 25.6. The summed E-state index contributed by atoms with van der Waals surface area (Å²) in [7, 11) is -1.06. The molecule has 224 valence electrons. The van der Waals surface area contributed by atoms with Crippen molar-refractivity contribution in [2.24, 2.45) is 0 Å². The average molecular weight is 612 g/mol. The van der Waals surface area contributed by atoms with Crippen molar-refractivity contribution in [2.75, 3.05) is 20.7 Å². The van der Waals surface area contributed by atoms with Crippen LogP contribution in [0.25, 0.3) is 0 Å². The van der Waals surface area contributed by atoms with Gasteiger partial charge >= 0.3 is 0 Å². The van der Waals surface area contributed by atoms with E-state index in [4.69, 9.17) is 16.3 Å². The van der Waals surface area contributed by atoms with Crippen LogP contribution in [0.4, 0.5) is 0 Å². The van der Waals surface area contributed by atoms with Gasteiger partial charge in [-0.15, -0.1) is 0 Å². The van der Waals surface area contributed by atoms with E-state index in [0.717, 1.165) is 47.5 Å². The minimum atomic E-state index is -3.99. The van der Waals surface area contributed by atoms with Crippen LogP contribution in [0.3, 0.4) is 0 Å². The number of ether oxygens (including phenoxy) is 1. The summed E-state index contributed by atoms with van der Waals surface area (Å²) in [5.74, 6) is -0.114. The summed E-state index contributed by atoms with van der Waals surface area (Å²) in [6.45, 7) is -0.350. The van der Waals surface area contributed by atoms with Crippen LogP contribution in [0.15, 0.2) is 83.8 Å². The fraction of sp³-hybridized carbons (Fsp3) is 0.375. The summed E-state index contributed by atoms with van der Waals surface area (Å²) in [5.41, 5.74) is 1.65. The van der Waals surface area contributed by atoms with Crippen LogP contribution < -0.4 is 10.1 Å². The standard InChI is InChI=1S/C32H38ClN3O5S/c1-35(42(39,40)29-18-16-26(33)17-19-29)23-31(37)36(22-25-12-9-15-28(20-25)41-2)30(21-24-10-5-3-6-11-24)32(38)34-27-13-7-4-8-14-27/h3,5-6,9-12,15-20,27,30H,4,7-8,13-14,21-23H2,1-2H3,(H,34,38). The second-order valence-corrected chi connectivity index (χ2v) is 13.1. The summed E-state index contributed by atoms with van der Waals surface area (Å²) >= 11 is 5.95. The third-order valence-electron chi connectivity index (χ3n) is 7.59. The molecule has 3 aromatic carbocycles. The predicted molar refractivity (Wildman–Crippen MR) is 164 cm³/mol. The van der Waals surface area contributed by atoms with E-state index < -0.39 is 28.5 Å². The van der Waals surface area contributed by atoms with Crippen molar-refractivity contribution >= 4 is 33.4 Å². The molecule has 1 saturated carbocycles. The molecule has 1 unspecified atom stereocenters. The highest BCUT2D eigenvalue weighted by Crippen LogP contribution is 2.22. The Morgan fingerprint density at radius 2 is 1.62 bits per heavy atom. The molecule has 42 heavy (non-hydrogen) atoms. The van der Waals surface area contributed by atoms with Gasteiger partial charge in [-0.05, 0) is 60.4 Å². The van der Waals surface area contributed by atoms with Gasteiger partial charge in [0.25, 0.3) is 0 Å². The molecule has 1 aliphatic rings. The van der Waals surface area contributed by atoms with Gasteiger partial charge in [0, 0.05) is 31.1 Å². The lowest BCUT2D eigenvalue weighted by atomic mass is 9.94. The van der Waals surface area contributed by atoms with Gasteiger partial charge in [0.1, 0.15) is 11.8 Å². The fourth-order valence-electron chi connectivity index (χ4n) is 5.22. The van der Waals surface area contributed by atoms with Gasteiger partial charge in [-0.2, -0.15) is 4.31 Å². The molecule has 4 rings (SSSR count). The van der Waals surface area contributed by atoms with Crippen LogP contribution in [0, 0.1) is 0 Å². The van der Waals surface area contributed by atoms with E-state index in [1.807, 2.05) is 48.5 Å². The van der Waals surface area contributed by atoms with Crippen LogP contribution in [-0.4, -0.2) is 62.2 Å². The van der Waals surface area contributed by atoms with E-state index in [-0.39, 0.29) is 29.8 Å². The number of likely N-dealkylation sites (N-methyl/N-ethyl adjacent to an activating group) is 1. The van der Waals surface area contributed by atoms with Gasteiger partial charge in [-0.25, -0.2) is 8.42 Å². The molecule has 0 saturated heterocycles. The van der Waals surface area contributed by atoms with Gasteiger partial charge < -0.3 is 15.0 Å². The van der Waals surface area contributed by atoms with Crippen molar-refractivity contribution in [1.82, 2.24) is 14.5 Å². The molecule has 0 spiro atoms. The van der Waals surface area contributed by atoms with Crippen LogP contribution in [0.5, 0.6) is 5.75 Å². The van der Waals surface area contributed by atoms with Crippen molar-refractivity contribution < 1.29 is 22.7 Å². The number of carbonyl (C=O) groups is 2. The van der Waals surface area contributed by atoms with E-state index in [1.165, 1.54) is 36.2 Å². The number of carbonyl (C=O) groups excluding carboxylic acids is 2. The van der Waals surface area contributed by atoms with E-state index in [9.17, 15) is 18.0 Å². The third kappa shape index (κ3) is 8.33. The van der Waals surface area contributed by atoms with Crippen LogP contribution in [0.2, 0.25) is 5.02 Å². The highest BCUT2D eigenvalue weighted by Gasteiger charge is 2.34. The molecule has 8 nitrogen and oxygen atoms in total. The first-order chi connectivity index (χ1) is 20.2. The fourth-order valence-corrected chi connectivity index (χ4v) is 6.46. The highest BCUT2D eigenvalue weighted by molar-refractivity contribution is 7.89. The van der Waals surface area contributed by atoms with Crippen LogP contribution in [-0.2, 0) is 32.6 Å². The molecule has 0 radical (unpaired) electrons.